The molecule has 0 atom stereocenters. The number of benzene rings is 1. The summed E-state index contributed by atoms with van der Waals surface area (Å²) in [6.07, 6.45) is 1.64. The van der Waals surface area contributed by atoms with Crippen LogP contribution in [-0.4, -0.2) is 18.6 Å². The van der Waals surface area contributed by atoms with Gasteiger partial charge in [0.2, 0.25) is 0 Å². The molecule has 4 nitrogen and oxygen atoms in total. The van der Waals surface area contributed by atoms with Crippen molar-refractivity contribution in [1.29, 1.82) is 0 Å². The van der Waals surface area contributed by atoms with E-state index >= 15 is 0 Å². The Morgan fingerprint density at radius 3 is 2.95 bits per heavy atom. The second-order valence-electron chi connectivity index (χ2n) is 4.08. The molecule has 0 radical (unpaired) electrons. The van der Waals surface area contributed by atoms with E-state index in [-0.39, 0.29) is 0 Å². The van der Waals surface area contributed by atoms with Crippen molar-refractivity contribution in [2.75, 3.05) is 13.7 Å². The van der Waals surface area contributed by atoms with Gasteiger partial charge in [0.15, 0.2) is 0 Å². The van der Waals surface area contributed by atoms with E-state index in [1.807, 2.05) is 25.1 Å². The second-order valence-corrected chi connectivity index (χ2v) is 5.00. The van der Waals surface area contributed by atoms with Crippen molar-refractivity contribution in [3.8, 4) is 17.6 Å². The third-order valence-corrected chi connectivity index (χ3v) is 3.45. The van der Waals surface area contributed by atoms with Crippen LogP contribution in [0.3, 0.4) is 0 Å². The van der Waals surface area contributed by atoms with Gasteiger partial charge in [-0.15, -0.1) is 0 Å². The van der Waals surface area contributed by atoms with Crippen molar-refractivity contribution in [3.05, 3.63) is 41.3 Å². The summed E-state index contributed by atoms with van der Waals surface area (Å²) in [4.78, 5) is 4.26. The van der Waals surface area contributed by atoms with Crippen molar-refractivity contribution in [2.24, 2.45) is 5.73 Å². The summed E-state index contributed by atoms with van der Waals surface area (Å²) in [7, 11) is 1.66. The quantitative estimate of drug-likeness (QED) is 0.692. The molecule has 20 heavy (non-hydrogen) atoms. The summed E-state index contributed by atoms with van der Waals surface area (Å²) in [6.45, 7) is 2.25. The van der Waals surface area contributed by atoms with Crippen LogP contribution in [0.2, 0.25) is 0 Å². The van der Waals surface area contributed by atoms with Crippen molar-refractivity contribution in [3.63, 3.8) is 0 Å². The van der Waals surface area contributed by atoms with Crippen LogP contribution in [0, 0.1) is 18.8 Å². The Bertz CT molecular complexity index is 641. The first-order chi connectivity index (χ1) is 9.72. The third-order valence-electron chi connectivity index (χ3n) is 2.56. The lowest BCUT2D eigenvalue weighted by atomic mass is 10.1. The molecule has 2 N–H and O–H groups in total. The lowest BCUT2D eigenvalue weighted by Crippen LogP contribution is -1.94. The number of nitrogens with two attached hydrogens (primary N) is 1. The molecule has 1 aromatic carbocycles. The summed E-state index contributed by atoms with van der Waals surface area (Å²) in [6, 6.07) is 5.84. The molecular formula is C15H16N2O2S. The van der Waals surface area contributed by atoms with Gasteiger partial charge in [0.25, 0.3) is 5.22 Å². The van der Waals surface area contributed by atoms with Gasteiger partial charge in [0.1, 0.15) is 12.0 Å². The van der Waals surface area contributed by atoms with Crippen molar-refractivity contribution in [2.45, 2.75) is 17.9 Å². The summed E-state index contributed by atoms with van der Waals surface area (Å²) < 4.78 is 10.7. The van der Waals surface area contributed by atoms with Crippen molar-refractivity contribution < 1.29 is 9.15 Å². The number of aromatic nitrogens is 1. The molecule has 2 rings (SSSR count). The fourth-order valence-corrected chi connectivity index (χ4v) is 2.49. The standard InChI is InChI=1S/C15H16N2O2S/c1-11-9-19-15(17-11)20-10-13-8-12(4-3-7-16)5-6-14(13)18-2/h5-6,8-9H,7,10,16H2,1-2H3. The first-order valence-electron chi connectivity index (χ1n) is 6.13. The molecule has 0 fully saturated rings. The van der Waals surface area contributed by atoms with Gasteiger partial charge in [0, 0.05) is 16.9 Å². The van der Waals surface area contributed by atoms with Gasteiger partial charge >= 0.3 is 0 Å². The molecule has 5 heteroatoms. The van der Waals surface area contributed by atoms with Gasteiger partial charge in [-0.1, -0.05) is 23.6 Å². The largest absolute Gasteiger partial charge is 0.496 e. The number of ether oxygens (including phenoxy) is 1. The van der Waals surface area contributed by atoms with Crippen molar-refractivity contribution >= 4 is 11.8 Å². The summed E-state index contributed by atoms with van der Waals surface area (Å²) in [5.74, 6) is 7.41. The van der Waals surface area contributed by atoms with Crippen LogP contribution in [0.5, 0.6) is 5.75 Å². The number of oxazole rings is 1. The van der Waals surface area contributed by atoms with Gasteiger partial charge in [-0.05, 0) is 25.1 Å². The van der Waals surface area contributed by atoms with E-state index in [1.165, 1.54) is 11.8 Å². The van der Waals surface area contributed by atoms with Crippen LogP contribution < -0.4 is 10.5 Å². The first kappa shape index (κ1) is 14.5. The molecule has 1 aromatic heterocycles. The zero-order chi connectivity index (χ0) is 14.4. The zero-order valence-electron chi connectivity index (χ0n) is 11.5. The van der Waals surface area contributed by atoms with E-state index in [4.69, 9.17) is 14.9 Å². The highest BCUT2D eigenvalue weighted by atomic mass is 32.2. The Morgan fingerprint density at radius 1 is 1.45 bits per heavy atom. The third kappa shape index (κ3) is 3.80. The summed E-state index contributed by atoms with van der Waals surface area (Å²) in [5, 5.41) is 0.656. The molecule has 104 valence electrons. The highest BCUT2D eigenvalue weighted by Gasteiger charge is 2.07. The molecule has 0 aliphatic rings. The predicted octanol–water partition coefficient (Wildman–Crippen LogP) is 2.59. The minimum Gasteiger partial charge on any atom is -0.496 e. The molecule has 0 amide bonds. The van der Waals surface area contributed by atoms with Crippen LogP contribution in [0.15, 0.2) is 34.1 Å². The monoisotopic (exact) mass is 288 g/mol. The van der Waals surface area contributed by atoms with Crippen LogP contribution in [-0.2, 0) is 5.75 Å². The van der Waals surface area contributed by atoms with Gasteiger partial charge in [0.05, 0.1) is 19.3 Å². The number of aryl methyl sites for hydroxylation is 1. The minimum atomic E-state index is 0.353. The maximum atomic E-state index is 5.38. The number of hydrogen-bond donors (Lipinski definition) is 1. The normalized spacial score (nSPS) is 9.95. The Kier molecular flexibility index (Phi) is 5.10. The van der Waals surface area contributed by atoms with E-state index in [9.17, 15) is 0 Å². The molecule has 1 heterocycles. The molecule has 0 saturated heterocycles. The van der Waals surface area contributed by atoms with Crippen LogP contribution in [0.25, 0.3) is 0 Å². The SMILES string of the molecule is COc1ccc(C#CCN)cc1CSc1nc(C)co1. The van der Waals surface area contributed by atoms with E-state index in [0.717, 1.165) is 22.6 Å². The molecule has 2 aromatic rings. The lowest BCUT2D eigenvalue weighted by Gasteiger charge is -2.07. The Balaban J connectivity index is 2.15. The Labute approximate surface area is 122 Å². The number of rotatable bonds is 4. The van der Waals surface area contributed by atoms with Crippen molar-refractivity contribution in [1.82, 2.24) is 4.98 Å². The topological polar surface area (TPSA) is 61.3 Å². The predicted molar refractivity (Wildman–Crippen MR) is 79.7 cm³/mol. The fraction of sp³-hybridized carbons (Fsp3) is 0.267. The lowest BCUT2D eigenvalue weighted by molar-refractivity contribution is 0.411. The van der Waals surface area contributed by atoms with Gasteiger partial charge in [-0.3, -0.25) is 0 Å². The summed E-state index contributed by atoms with van der Waals surface area (Å²) >= 11 is 1.53. The van der Waals surface area contributed by atoms with E-state index < -0.39 is 0 Å². The maximum Gasteiger partial charge on any atom is 0.256 e. The van der Waals surface area contributed by atoms with E-state index in [2.05, 4.69) is 16.8 Å². The number of nitrogens with zero attached hydrogens (tertiary/aromatic N) is 1. The molecule has 0 spiro atoms. The molecular weight excluding hydrogens is 272 g/mol. The maximum absolute atomic E-state index is 5.38. The smallest absolute Gasteiger partial charge is 0.256 e. The second kappa shape index (κ2) is 7.04. The molecule has 0 unspecified atom stereocenters. The van der Waals surface area contributed by atoms with Crippen LogP contribution in [0.4, 0.5) is 0 Å². The number of methoxy groups -OCH3 is 1. The highest BCUT2D eigenvalue weighted by Crippen LogP contribution is 2.28. The van der Waals surface area contributed by atoms with Gasteiger partial charge in [-0.25, -0.2) is 4.98 Å². The molecule has 0 aliphatic carbocycles. The molecule has 0 bridgehead atoms. The highest BCUT2D eigenvalue weighted by molar-refractivity contribution is 7.98. The number of hydrogen-bond acceptors (Lipinski definition) is 5. The number of thioether (sulfide) groups is 1. The minimum absolute atomic E-state index is 0.353. The van der Waals surface area contributed by atoms with Crippen LogP contribution in [0.1, 0.15) is 16.8 Å². The molecule has 0 aliphatic heterocycles. The Morgan fingerprint density at radius 2 is 2.30 bits per heavy atom. The Hall–Kier alpha value is -1.90. The van der Waals surface area contributed by atoms with E-state index in [0.29, 0.717) is 17.5 Å². The molecule has 0 saturated carbocycles. The van der Waals surface area contributed by atoms with Crippen LogP contribution >= 0.6 is 11.8 Å². The zero-order valence-corrected chi connectivity index (χ0v) is 12.3. The van der Waals surface area contributed by atoms with E-state index in [1.54, 1.807) is 13.4 Å². The van der Waals surface area contributed by atoms with Gasteiger partial charge in [-0.2, -0.15) is 0 Å². The van der Waals surface area contributed by atoms with Gasteiger partial charge < -0.3 is 14.9 Å². The first-order valence-corrected chi connectivity index (χ1v) is 7.12. The summed E-state index contributed by atoms with van der Waals surface area (Å²) in [5.41, 5.74) is 8.24. The average molecular weight is 288 g/mol. The average Bonchev–Trinajstić information content (AvgIpc) is 2.88. The fourth-order valence-electron chi connectivity index (χ4n) is 1.66.